The summed E-state index contributed by atoms with van der Waals surface area (Å²) in [5, 5.41) is 3.67. The third kappa shape index (κ3) is 18.5. The van der Waals surface area contributed by atoms with E-state index in [0.29, 0.717) is 25.5 Å². The molecule has 1 unspecified atom stereocenters. The van der Waals surface area contributed by atoms with Crippen molar-refractivity contribution < 1.29 is 27.8 Å². The minimum atomic E-state index is -3.71. The molecule has 0 bridgehead atoms. The van der Waals surface area contributed by atoms with Crippen LogP contribution in [0.2, 0.25) is 0 Å². The Morgan fingerprint density at radius 1 is 0.612 bits per heavy atom. The van der Waals surface area contributed by atoms with Crippen molar-refractivity contribution >= 4 is 13.4 Å². The van der Waals surface area contributed by atoms with Gasteiger partial charge >= 0.3 is 13.3 Å². The molecule has 0 spiro atoms. The molecular weight excluding hydrogens is 858 g/mol. The first-order valence-electron chi connectivity index (χ1n) is 25.1. The average molecular weight is 936 g/mol. The molecule has 2 atom stereocenters. The molecule has 1 heterocycles. The molecule has 1 aromatic heterocycles. The number of anilines is 1. The molecular formula is C56H78N3O7P. The Labute approximate surface area is 401 Å². The predicted octanol–water partition coefficient (Wildman–Crippen LogP) is 14.1. The average Bonchev–Trinajstić information content (AvgIpc) is 3.37. The third-order valence-corrected chi connectivity index (χ3v) is 13.9. The number of ether oxygens (including phenoxy) is 3. The van der Waals surface area contributed by atoms with Gasteiger partial charge in [0.1, 0.15) is 23.5 Å². The van der Waals surface area contributed by atoms with Crippen LogP contribution in [0.15, 0.2) is 132 Å². The van der Waals surface area contributed by atoms with Gasteiger partial charge < -0.3 is 28.6 Å². The SMILES string of the molecule is CCCCCCCCCCCCCCCCCCOCCOP(=O)(CO[C@H](CC)Cn1ccc(NC(c2ccccc2)(c2ccccc2)c2ccc(OC)cc2)nc1=O)OCc1ccccc1. The van der Waals surface area contributed by atoms with E-state index in [-0.39, 0.29) is 26.1 Å². The maximum absolute atomic E-state index is 14.2. The zero-order chi connectivity index (χ0) is 47.3. The van der Waals surface area contributed by atoms with E-state index in [0.717, 1.165) is 40.8 Å². The zero-order valence-electron chi connectivity index (χ0n) is 40.7. The van der Waals surface area contributed by atoms with Crippen molar-refractivity contribution in [2.45, 2.75) is 148 Å². The standard InChI is InChI=1S/C56H78N3O7P/c1-4-6-7-8-9-10-11-12-13-14-15-16-17-18-19-29-42-63-43-44-65-67(61,66-46-48-30-23-20-24-31-48)47-64-52(5-2)45-59-41-40-54(57-55(59)60)58-56(49-32-25-21-26-33-49,50-34-27-22-28-35-50)51-36-38-53(62-3)39-37-51/h20-28,30-41,52H,4-19,29,42-47H2,1-3H3,(H,57,58,60)/t52-,67?/m1/s1. The molecule has 0 aliphatic heterocycles. The molecule has 0 saturated carbocycles. The quantitative estimate of drug-likeness (QED) is 0.0238. The van der Waals surface area contributed by atoms with Crippen LogP contribution in [-0.2, 0) is 41.8 Å². The fraction of sp³-hybridized carbons (Fsp3) is 0.500. The van der Waals surface area contributed by atoms with Gasteiger partial charge in [-0.2, -0.15) is 4.98 Å². The van der Waals surface area contributed by atoms with Crippen LogP contribution in [0.3, 0.4) is 0 Å². The minimum absolute atomic E-state index is 0.111. The Morgan fingerprint density at radius 3 is 1.66 bits per heavy atom. The summed E-state index contributed by atoms with van der Waals surface area (Å²) in [5.41, 5.74) is 2.42. The van der Waals surface area contributed by atoms with E-state index in [1.54, 1.807) is 19.4 Å². The summed E-state index contributed by atoms with van der Waals surface area (Å²) >= 11 is 0. The molecule has 0 aliphatic carbocycles. The van der Waals surface area contributed by atoms with E-state index in [1.807, 2.05) is 97.9 Å². The van der Waals surface area contributed by atoms with Crippen molar-refractivity contribution in [2.24, 2.45) is 0 Å². The summed E-state index contributed by atoms with van der Waals surface area (Å²) in [7, 11) is -2.06. The van der Waals surface area contributed by atoms with Crippen LogP contribution in [0.25, 0.3) is 0 Å². The van der Waals surface area contributed by atoms with Crippen LogP contribution in [0.4, 0.5) is 5.82 Å². The van der Waals surface area contributed by atoms with Gasteiger partial charge in [-0.15, -0.1) is 0 Å². The third-order valence-electron chi connectivity index (χ3n) is 12.4. The molecule has 11 heteroatoms. The molecule has 0 radical (unpaired) electrons. The van der Waals surface area contributed by atoms with Crippen LogP contribution >= 0.6 is 7.60 Å². The number of nitrogens with zero attached hydrogens (tertiary/aromatic N) is 2. The van der Waals surface area contributed by atoms with Gasteiger partial charge in [-0.3, -0.25) is 9.13 Å². The minimum Gasteiger partial charge on any atom is -0.497 e. The van der Waals surface area contributed by atoms with Crippen LogP contribution in [0.1, 0.15) is 145 Å². The molecule has 0 fully saturated rings. The first-order chi connectivity index (χ1) is 32.9. The largest absolute Gasteiger partial charge is 0.497 e. The van der Waals surface area contributed by atoms with Gasteiger partial charge in [0.05, 0.1) is 39.6 Å². The zero-order valence-corrected chi connectivity index (χ0v) is 41.6. The van der Waals surface area contributed by atoms with Gasteiger partial charge in [0.2, 0.25) is 0 Å². The lowest BCUT2D eigenvalue weighted by molar-refractivity contribution is 0.0419. The van der Waals surface area contributed by atoms with Crippen molar-refractivity contribution in [3.63, 3.8) is 0 Å². The van der Waals surface area contributed by atoms with E-state index in [1.165, 1.54) is 94.5 Å². The predicted molar refractivity (Wildman–Crippen MR) is 273 cm³/mol. The first-order valence-corrected chi connectivity index (χ1v) is 26.8. The summed E-state index contributed by atoms with van der Waals surface area (Å²) in [5.74, 6) is 1.14. The number of nitrogens with one attached hydrogen (secondary N) is 1. The van der Waals surface area contributed by atoms with Crippen molar-refractivity contribution in [2.75, 3.05) is 38.6 Å². The summed E-state index contributed by atoms with van der Waals surface area (Å²) < 4.78 is 45.2. The molecule has 10 nitrogen and oxygen atoms in total. The second kappa shape index (κ2) is 30.7. The number of hydrogen-bond acceptors (Lipinski definition) is 9. The van der Waals surface area contributed by atoms with E-state index in [2.05, 4.69) is 41.5 Å². The van der Waals surface area contributed by atoms with Crippen LogP contribution in [0, 0.1) is 0 Å². The van der Waals surface area contributed by atoms with Crippen LogP contribution in [0.5, 0.6) is 5.75 Å². The molecule has 0 amide bonds. The number of aromatic nitrogens is 2. The summed E-state index contributed by atoms with van der Waals surface area (Å²) in [4.78, 5) is 18.3. The first kappa shape index (κ1) is 53.4. The van der Waals surface area contributed by atoms with Gasteiger partial charge in [-0.05, 0) is 53.3 Å². The molecule has 364 valence electrons. The molecule has 5 aromatic rings. The highest BCUT2D eigenvalue weighted by atomic mass is 31.2. The van der Waals surface area contributed by atoms with E-state index >= 15 is 0 Å². The number of hydrogen-bond donors (Lipinski definition) is 1. The number of rotatable bonds is 36. The van der Waals surface area contributed by atoms with Crippen molar-refractivity contribution in [1.82, 2.24) is 9.55 Å². The molecule has 1 N–H and O–H groups in total. The summed E-state index contributed by atoms with van der Waals surface area (Å²) in [6.45, 7) is 5.62. The monoisotopic (exact) mass is 936 g/mol. The topological polar surface area (TPSA) is 110 Å². The van der Waals surface area contributed by atoms with Gasteiger partial charge in [0.15, 0.2) is 0 Å². The fourth-order valence-corrected chi connectivity index (χ4v) is 9.74. The highest BCUT2D eigenvalue weighted by Crippen LogP contribution is 2.49. The van der Waals surface area contributed by atoms with Crippen LogP contribution in [-0.4, -0.2) is 48.9 Å². The van der Waals surface area contributed by atoms with Gasteiger partial charge in [0.25, 0.3) is 0 Å². The molecule has 0 aliphatic rings. The van der Waals surface area contributed by atoms with E-state index in [4.69, 9.17) is 23.3 Å². The Kier molecular flexibility index (Phi) is 24.5. The fourth-order valence-electron chi connectivity index (χ4n) is 8.43. The number of unbranched alkanes of at least 4 members (excludes halogenated alkanes) is 15. The summed E-state index contributed by atoms with van der Waals surface area (Å²) in [6.07, 6.45) is 22.8. The summed E-state index contributed by atoms with van der Waals surface area (Å²) in [6, 6.07) is 39.5. The van der Waals surface area contributed by atoms with Crippen molar-refractivity contribution in [3.8, 4) is 5.75 Å². The molecule has 0 saturated heterocycles. The maximum Gasteiger partial charge on any atom is 0.356 e. The normalized spacial score (nSPS) is 13.0. The number of benzene rings is 4. The Bertz CT molecular complexity index is 2120. The smallest absolute Gasteiger partial charge is 0.356 e. The highest BCUT2D eigenvalue weighted by Gasteiger charge is 2.37. The molecule has 4 aromatic carbocycles. The van der Waals surface area contributed by atoms with Gasteiger partial charge in [0, 0.05) is 12.8 Å². The molecule has 5 rings (SSSR count). The van der Waals surface area contributed by atoms with E-state index in [9.17, 15) is 9.36 Å². The highest BCUT2D eigenvalue weighted by molar-refractivity contribution is 7.53. The van der Waals surface area contributed by atoms with Gasteiger partial charge in [-0.25, -0.2) is 4.79 Å². The second-order valence-corrected chi connectivity index (χ2v) is 19.5. The Balaban J connectivity index is 1.10. The molecule has 67 heavy (non-hydrogen) atoms. The number of methoxy groups -OCH3 is 1. The Hall–Kier alpha value is -4.57. The van der Waals surface area contributed by atoms with E-state index < -0.39 is 24.9 Å². The van der Waals surface area contributed by atoms with Gasteiger partial charge in [-0.1, -0.05) is 213 Å². The van der Waals surface area contributed by atoms with Crippen molar-refractivity contribution in [3.05, 3.63) is 160 Å². The second-order valence-electron chi connectivity index (χ2n) is 17.5. The maximum atomic E-state index is 14.2. The Morgan fingerprint density at radius 2 is 1.13 bits per heavy atom. The lowest BCUT2D eigenvalue weighted by Crippen LogP contribution is -2.39. The lowest BCUT2D eigenvalue weighted by Gasteiger charge is -2.37. The van der Waals surface area contributed by atoms with Crippen molar-refractivity contribution in [1.29, 1.82) is 0 Å². The lowest BCUT2D eigenvalue weighted by atomic mass is 9.77. The van der Waals surface area contributed by atoms with Crippen LogP contribution < -0.4 is 15.7 Å².